The Morgan fingerprint density at radius 3 is 1.28 bits per heavy atom. The molecule has 4 heteroatoms. The fourth-order valence-electron chi connectivity index (χ4n) is 5.00. The van der Waals surface area contributed by atoms with Crippen LogP contribution in [0.2, 0.25) is 5.28 Å². The van der Waals surface area contributed by atoms with Crippen LogP contribution in [0, 0.1) is 0 Å². The molecule has 0 spiro atoms. The summed E-state index contributed by atoms with van der Waals surface area (Å²) in [5, 5.41) is 4.72. The van der Waals surface area contributed by atoms with Crippen LogP contribution in [0.3, 0.4) is 0 Å². The molecule has 0 unspecified atom stereocenters. The number of fused-ring (bicyclic) bond motifs is 2. The highest BCUT2D eigenvalue weighted by Crippen LogP contribution is 2.31. The summed E-state index contributed by atoms with van der Waals surface area (Å²) in [6.07, 6.45) is 0. The second-order valence-corrected chi connectivity index (χ2v) is 9.88. The molecule has 6 aromatic carbocycles. The van der Waals surface area contributed by atoms with E-state index in [1.165, 1.54) is 22.3 Å². The van der Waals surface area contributed by atoms with E-state index in [0.29, 0.717) is 11.6 Å². The van der Waals surface area contributed by atoms with E-state index >= 15 is 0 Å². The third-order valence-electron chi connectivity index (χ3n) is 7.02. The summed E-state index contributed by atoms with van der Waals surface area (Å²) in [5.74, 6) is 1.11. The van der Waals surface area contributed by atoms with Gasteiger partial charge in [-0.15, -0.1) is 0 Å². The zero-order valence-corrected chi connectivity index (χ0v) is 21.7. The molecule has 0 N–H and O–H groups in total. The minimum atomic E-state index is 0.174. The number of aromatic nitrogens is 3. The molecule has 3 nitrogen and oxygen atoms in total. The van der Waals surface area contributed by atoms with Gasteiger partial charge in [-0.25, -0.2) is 4.98 Å². The maximum Gasteiger partial charge on any atom is 0.226 e. The molecule has 0 aliphatic rings. The van der Waals surface area contributed by atoms with Crippen LogP contribution in [-0.2, 0) is 0 Å². The van der Waals surface area contributed by atoms with Gasteiger partial charge in [-0.1, -0.05) is 109 Å². The van der Waals surface area contributed by atoms with Gasteiger partial charge in [-0.3, -0.25) is 0 Å². The Kier molecular flexibility index (Phi) is 5.84. The molecule has 0 radical (unpaired) electrons. The first-order valence-corrected chi connectivity index (χ1v) is 13.2. The van der Waals surface area contributed by atoms with E-state index < -0.39 is 0 Å². The van der Waals surface area contributed by atoms with Gasteiger partial charge in [0, 0.05) is 11.1 Å². The summed E-state index contributed by atoms with van der Waals surface area (Å²) in [4.78, 5) is 13.8. The van der Waals surface area contributed by atoms with Gasteiger partial charge in [0.25, 0.3) is 0 Å². The zero-order valence-electron chi connectivity index (χ0n) is 20.9. The van der Waals surface area contributed by atoms with Crippen molar-refractivity contribution < 1.29 is 0 Å². The number of benzene rings is 6. The molecule has 184 valence electrons. The van der Waals surface area contributed by atoms with Gasteiger partial charge in [0.15, 0.2) is 11.6 Å². The van der Waals surface area contributed by atoms with Crippen LogP contribution >= 0.6 is 11.6 Å². The van der Waals surface area contributed by atoms with Crippen molar-refractivity contribution in [3.05, 3.63) is 139 Å². The number of rotatable bonds is 4. The van der Waals surface area contributed by atoms with E-state index in [1.807, 2.05) is 24.3 Å². The van der Waals surface area contributed by atoms with Crippen molar-refractivity contribution in [3.8, 4) is 45.0 Å². The molecule has 7 aromatic rings. The second kappa shape index (κ2) is 9.79. The molecule has 0 fully saturated rings. The Labute approximate surface area is 231 Å². The fourth-order valence-corrected chi connectivity index (χ4v) is 5.16. The van der Waals surface area contributed by atoms with Crippen molar-refractivity contribution in [1.29, 1.82) is 0 Å². The first kappa shape index (κ1) is 23.3. The normalized spacial score (nSPS) is 11.2. The minimum absolute atomic E-state index is 0.174. The molecule has 0 amide bonds. The molecule has 0 bridgehead atoms. The molecule has 0 saturated carbocycles. The van der Waals surface area contributed by atoms with E-state index in [-0.39, 0.29) is 5.28 Å². The van der Waals surface area contributed by atoms with Gasteiger partial charge in [-0.2, -0.15) is 9.97 Å². The van der Waals surface area contributed by atoms with Crippen molar-refractivity contribution in [2.75, 3.05) is 0 Å². The van der Waals surface area contributed by atoms with Crippen LogP contribution in [0.25, 0.3) is 66.6 Å². The first-order valence-electron chi connectivity index (χ1n) is 12.8. The summed E-state index contributed by atoms with van der Waals surface area (Å²) in [5.41, 5.74) is 6.53. The largest absolute Gasteiger partial charge is 0.226 e. The van der Waals surface area contributed by atoms with Gasteiger partial charge in [0.1, 0.15) is 0 Å². The average molecular weight is 520 g/mol. The Bertz CT molecular complexity index is 1970. The lowest BCUT2D eigenvalue weighted by atomic mass is 9.99. The topological polar surface area (TPSA) is 38.7 Å². The predicted octanol–water partition coefficient (Wildman–Crippen LogP) is 9.50. The lowest BCUT2D eigenvalue weighted by Crippen LogP contribution is -1.97. The van der Waals surface area contributed by atoms with Crippen LogP contribution in [0.15, 0.2) is 133 Å². The number of hydrogen-bond acceptors (Lipinski definition) is 3. The maximum absolute atomic E-state index is 6.42. The number of nitrogens with zero attached hydrogens (tertiary/aromatic N) is 3. The van der Waals surface area contributed by atoms with Crippen LogP contribution < -0.4 is 0 Å². The minimum Gasteiger partial charge on any atom is -0.208 e. The van der Waals surface area contributed by atoms with Gasteiger partial charge >= 0.3 is 0 Å². The van der Waals surface area contributed by atoms with E-state index in [4.69, 9.17) is 16.6 Å². The molecule has 0 saturated heterocycles. The van der Waals surface area contributed by atoms with Gasteiger partial charge in [0.2, 0.25) is 5.28 Å². The molecule has 39 heavy (non-hydrogen) atoms. The van der Waals surface area contributed by atoms with Crippen molar-refractivity contribution >= 4 is 33.1 Å². The summed E-state index contributed by atoms with van der Waals surface area (Å²) in [6, 6.07) is 46.3. The monoisotopic (exact) mass is 519 g/mol. The highest BCUT2D eigenvalue weighted by molar-refractivity contribution is 6.28. The van der Waals surface area contributed by atoms with Gasteiger partial charge in [-0.05, 0) is 79.7 Å². The average Bonchev–Trinajstić information content (AvgIpc) is 3.00. The number of halogens is 1. The summed E-state index contributed by atoms with van der Waals surface area (Å²) in [6.45, 7) is 0. The summed E-state index contributed by atoms with van der Waals surface area (Å²) < 4.78 is 0. The third-order valence-corrected chi connectivity index (χ3v) is 7.19. The van der Waals surface area contributed by atoms with Crippen molar-refractivity contribution in [3.63, 3.8) is 0 Å². The molecule has 1 aromatic heterocycles. The Morgan fingerprint density at radius 1 is 0.333 bits per heavy atom. The molecule has 1 heterocycles. The SMILES string of the molecule is Clc1nc(-c2ccc3cc(-c4ccccc4)ccc3c2)nc(-c2ccc3ccc(-c4ccccc4)cc3c2)n1. The van der Waals surface area contributed by atoms with E-state index in [9.17, 15) is 0 Å². The van der Waals surface area contributed by atoms with E-state index in [2.05, 4.69) is 119 Å². The van der Waals surface area contributed by atoms with Gasteiger partial charge in [0.05, 0.1) is 0 Å². The lowest BCUT2D eigenvalue weighted by molar-refractivity contribution is 1.07. The molecule has 0 atom stereocenters. The summed E-state index contributed by atoms with van der Waals surface area (Å²) in [7, 11) is 0. The van der Waals surface area contributed by atoms with E-state index in [1.54, 1.807) is 0 Å². The highest BCUT2D eigenvalue weighted by atomic mass is 35.5. The third kappa shape index (κ3) is 4.65. The maximum atomic E-state index is 6.42. The molecular formula is C35H22ClN3. The van der Waals surface area contributed by atoms with Gasteiger partial charge < -0.3 is 0 Å². The van der Waals surface area contributed by atoms with Crippen LogP contribution in [0.5, 0.6) is 0 Å². The molecular weight excluding hydrogens is 498 g/mol. The van der Waals surface area contributed by atoms with Crippen molar-refractivity contribution in [2.24, 2.45) is 0 Å². The van der Waals surface area contributed by atoms with Crippen LogP contribution in [0.4, 0.5) is 0 Å². The second-order valence-electron chi connectivity index (χ2n) is 9.54. The first-order chi connectivity index (χ1) is 19.2. The Balaban J connectivity index is 1.26. The van der Waals surface area contributed by atoms with E-state index in [0.717, 1.165) is 32.7 Å². The smallest absolute Gasteiger partial charge is 0.208 e. The number of hydrogen-bond donors (Lipinski definition) is 0. The standard InChI is InChI=1S/C35H22ClN3/c36-35-38-33(30-18-16-28-19-26(14-15-29(28)20-30)23-7-3-1-4-8-23)37-34(39-35)31-17-12-25-11-13-27(21-32(25)22-31)24-9-5-2-6-10-24/h1-22H. The zero-order chi connectivity index (χ0) is 26.2. The summed E-state index contributed by atoms with van der Waals surface area (Å²) >= 11 is 6.42. The lowest BCUT2D eigenvalue weighted by Gasteiger charge is -2.09. The van der Waals surface area contributed by atoms with Crippen LogP contribution in [-0.4, -0.2) is 15.0 Å². The molecule has 7 rings (SSSR count). The quantitative estimate of drug-likeness (QED) is 0.232. The van der Waals surface area contributed by atoms with Crippen LogP contribution in [0.1, 0.15) is 0 Å². The Hall–Kier alpha value is -4.86. The highest BCUT2D eigenvalue weighted by Gasteiger charge is 2.12. The van der Waals surface area contributed by atoms with Crippen molar-refractivity contribution in [1.82, 2.24) is 15.0 Å². The van der Waals surface area contributed by atoms with Crippen molar-refractivity contribution in [2.45, 2.75) is 0 Å². The Morgan fingerprint density at radius 2 is 0.744 bits per heavy atom. The predicted molar refractivity (Wildman–Crippen MR) is 162 cm³/mol. The molecule has 0 aliphatic heterocycles. The molecule has 0 aliphatic carbocycles. The fraction of sp³-hybridized carbons (Fsp3) is 0.